The van der Waals surface area contributed by atoms with Gasteiger partial charge in [0.15, 0.2) is 0 Å². The molecule has 0 fully saturated rings. The van der Waals surface area contributed by atoms with E-state index in [0.29, 0.717) is 11.1 Å². The molecule has 0 saturated carbocycles. The zero-order chi connectivity index (χ0) is 30.5. The second-order valence-electron chi connectivity index (χ2n) is 13.4. The highest BCUT2D eigenvalue weighted by molar-refractivity contribution is 6.10. The SMILES string of the molecule is CC(C)(C)c1ccc2c(c1)c1cc(C(C)(C)C)ccc1n2-c1ccc(-c2ccc(C#N)cc2C#N)cc1-c1ccccc1. The Morgan fingerprint density at radius 1 is 0.535 bits per heavy atom. The number of nitrogens with zero attached hydrogens (tertiary/aromatic N) is 3. The van der Waals surface area contributed by atoms with E-state index in [1.807, 2.05) is 12.1 Å². The standard InChI is InChI=1S/C40H35N3/c1-39(2,3)30-14-18-37-34(22-30)35-23-31(40(4,5)6)15-19-38(35)43(37)36-17-13-28(21-33(36)27-10-8-7-9-11-27)32-16-12-26(24-41)20-29(32)25-42/h7-23H,1-6H3. The summed E-state index contributed by atoms with van der Waals surface area (Å²) >= 11 is 0. The fourth-order valence-corrected chi connectivity index (χ4v) is 5.92. The van der Waals surface area contributed by atoms with Crippen molar-refractivity contribution in [2.45, 2.75) is 52.4 Å². The summed E-state index contributed by atoms with van der Waals surface area (Å²) in [5.41, 5.74) is 11.0. The van der Waals surface area contributed by atoms with E-state index in [-0.39, 0.29) is 10.8 Å². The molecule has 0 aliphatic carbocycles. The van der Waals surface area contributed by atoms with Crippen LogP contribution in [0, 0.1) is 22.7 Å². The van der Waals surface area contributed by atoms with Crippen LogP contribution in [0.15, 0.2) is 103 Å². The topological polar surface area (TPSA) is 52.5 Å². The largest absolute Gasteiger partial charge is 0.309 e. The first-order valence-corrected chi connectivity index (χ1v) is 14.7. The molecule has 6 aromatic rings. The first kappa shape index (κ1) is 28.0. The van der Waals surface area contributed by atoms with E-state index in [4.69, 9.17) is 0 Å². The number of hydrogen-bond donors (Lipinski definition) is 0. The van der Waals surface area contributed by atoms with Crippen LogP contribution in [-0.4, -0.2) is 4.57 Å². The van der Waals surface area contributed by atoms with Crippen LogP contribution in [0.4, 0.5) is 0 Å². The third kappa shape index (κ3) is 4.98. The van der Waals surface area contributed by atoms with Crippen molar-refractivity contribution in [2.24, 2.45) is 0 Å². The van der Waals surface area contributed by atoms with Crippen molar-refractivity contribution in [1.82, 2.24) is 4.57 Å². The third-order valence-corrected chi connectivity index (χ3v) is 8.40. The summed E-state index contributed by atoms with van der Waals surface area (Å²) < 4.78 is 2.39. The number of benzene rings is 5. The maximum atomic E-state index is 9.92. The average molecular weight is 558 g/mol. The summed E-state index contributed by atoms with van der Waals surface area (Å²) in [6.45, 7) is 13.6. The van der Waals surface area contributed by atoms with E-state index in [9.17, 15) is 10.5 Å². The molecule has 0 atom stereocenters. The van der Waals surface area contributed by atoms with Gasteiger partial charge in [-0.25, -0.2) is 0 Å². The molecule has 43 heavy (non-hydrogen) atoms. The van der Waals surface area contributed by atoms with Crippen molar-refractivity contribution in [3.63, 3.8) is 0 Å². The Morgan fingerprint density at radius 3 is 1.67 bits per heavy atom. The van der Waals surface area contributed by atoms with Crippen LogP contribution in [0.3, 0.4) is 0 Å². The molecule has 0 aliphatic heterocycles. The molecule has 210 valence electrons. The summed E-state index contributed by atoms with van der Waals surface area (Å²) in [5.74, 6) is 0. The highest BCUT2D eigenvalue weighted by Crippen LogP contribution is 2.41. The fourth-order valence-electron chi connectivity index (χ4n) is 5.92. The number of nitriles is 2. The van der Waals surface area contributed by atoms with E-state index >= 15 is 0 Å². The minimum absolute atomic E-state index is 0.0284. The van der Waals surface area contributed by atoms with Gasteiger partial charge in [-0.05, 0) is 87.2 Å². The molecule has 0 aliphatic rings. The van der Waals surface area contributed by atoms with E-state index in [2.05, 4.69) is 137 Å². The van der Waals surface area contributed by atoms with Crippen molar-refractivity contribution < 1.29 is 0 Å². The number of hydrogen-bond acceptors (Lipinski definition) is 2. The second kappa shape index (κ2) is 10.3. The Balaban J connectivity index is 1.69. The molecule has 3 heteroatoms. The highest BCUT2D eigenvalue weighted by atomic mass is 15.0. The number of aromatic nitrogens is 1. The molecular formula is C40H35N3. The highest BCUT2D eigenvalue weighted by Gasteiger charge is 2.22. The third-order valence-electron chi connectivity index (χ3n) is 8.40. The molecule has 0 spiro atoms. The quantitative estimate of drug-likeness (QED) is 0.217. The smallest absolute Gasteiger partial charge is 0.0998 e. The van der Waals surface area contributed by atoms with Crippen molar-refractivity contribution in [3.8, 4) is 40.1 Å². The van der Waals surface area contributed by atoms with E-state index in [0.717, 1.165) is 39.0 Å². The van der Waals surface area contributed by atoms with Gasteiger partial charge in [-0.3, -0.25) is 0 Å². The molecule has 1 heterocycles. The molecular weight excluding hydrogens is 522 g/mol. The molecule has 0 unspecified atom stereocenters. The minimum Gasteiger partial charge on any atom is -0.309 e. The Hall–Kier alpha value is -5.12. The fraction of sp³-hybridized carbons (Fsp3) is 0.200. The van der Waals surface area contributed by atoms with Crippen molar-refractivity contribution >= 4 is 21.8 Å². The molecule has 5 aromatic carbocycles. The molecule has 0 radical (unpaired) electrons. The molecule has 0 N–H and O–H groups in total. The van der Waals surface area contributed by atoms with Gasteiger partial charge in [0.2, 0.25) is 0 Å². The molecule has 6 rings (SSSR count). The van der Waals surface area contributed by atoms with E-state index in [1.165, 1.54) is 21.9 Å². The summed E-state index contributed by atoms with van der Waals surface area (Å²) in [6, 6.07) is 40.4. The predicted octanol–water partition coefficient (Wildman–Crippen LogP) is 10.5. The van der Waals surface area contributed by atoms with Crippen LogP contribution in [0.2, 0.25) is 0 Å². The lowest BCUT2D eigenvalue weighted by Gasteiger charge is -2.20. The van der Waals surface area contributed by atoms with Crippen LogP contribution in [0.25, 0.3) is 49.7 Å². The first-order chi connectivity index (χ1) is 20.5. The number of rotatable bonds is 3. The summed E-state index contributed by atoms with van der Waals surface area (Å²) in [7, 11) is 0. The normalized spacial score (nSPS) is 11.9. The zero-order valence-electron chi connectivity index (χ0n) is 25.7. The van der Waals surface area contributed by atoms with Crippen molar-refractivity contribution in [1.29, 1.82) is 10.5 Å². The molecule has 3 nitrogen and oxygen atoms in total. The lowest BCUT2D eigenvalue weighted by atomic mass is 9.85. The lowest BCUT2D eigenvalue weighted by molar-refractivity contribution is 0.590. The Bertz CT molecular complexity index is 2030. The van der Waals surface area contributed by atoms with Gasteiger partial charge in [0.25, 0.3) is 0 Å². The minimum atomic E-state index is 0.0284. The van der Waals surface area contributed by atoms with E-state index < -0.39 is 0 Å². The first-order valence-electron chi connectivity index (χ1n) is 14.7. The molecule has 1 aromatic heterocycles. The van der Waals surface area contributed by atoms with Crippen LogP contribution >= 0.6 is 0 Å². The van der Waals surface area contributed by atoms with Crippen LogP contribution in [-0.2, 0) is 10.8 Å². The second-order valence-corrected chi connectivity index (χ2v) is 13.4. The maximum absolute atomic E-state index is 9.92. The van der Waals surface area contributed by atoms with Gasteiger partial charge in [-0.1, -0.05) is 96.1 Å². The van der Waals surface area contributed by atoms with Crippen LogP contribution in [0.1, 0.15) is 63.8 Å². The Morgan fingerprint density at radius 2 is 1.14 bits per heavy atom. The van der Waals surface area contributed by atoms with Crippen LogP contribution in [0.5, 0.6) is 0 Å². The number of fused-ring (bicyclic) bond motifs is 3. The van der Waals surface area contributed by atoms with Gasteiger partial charge in [0.1, 0.15) is 0 Å². The van der Waals surface area contributed by atoms with Gasteiger partial charge >= 0.3 is 0 Å². The zero-order valence-corrected chi connectivity index (χ0v) is 25.7. The lowest BCUT2D eigenvalue weighted by Crippen LogP contribution is -2.10. The van der Waals surface area contributed by atoms with Gasteiger partial charge in [-0.15, -0.1) is 0 Å². The van der Waals surface area contributed by atoms with Crippen LogP contribution < -0.4 is 0 Å². The van der Waals surface area contributed by atoms with Crippen molar-refractivity contribution in [2.75, 3.05) is 0 Å². The Labute approximate surface area is 254 Å². The monoisotopic (exact) mass is 557 g/mol. The summed E-state index contributed by atoms with van der Waals surface area (Å²) in [6.07, 6.45) is 0. The predicted molar refractivity (Wildman–Crippen MR) is 178 cm³/mol. The summed E-state index contributed by atoms with van der Waals surface area (Å²) in [4.78, 5) is 0. The molecule has 0 amide bonds. The maximum Gasteiger partial charge on any atom is 0.0998 e. The average Bonchev–Trinajstić information content (AvgIpc) is 3.33. The van der Waals surface area contributed by atoms with Gasteiger partial charge in [0, 0.05) is 16.3 Å². The van der Waals surface area contributed by atoms with Gasteiger partial charge in [0.05, 0.1) is 40.0 Å². The van der Waals surface area contributed by atoms with E-state index in [1.54, 1.807) is 12.1 Å². The molecule has 0 bridgehead atoms. The van der Waals surface area contributed by atoms with Crippen molar-refractivity contribution in [3.05, 3.63) is 125 Å². The summed E-state index contributed by atoms with van der Waals surface area (Å²) in [5, 5.41) is 21.8. The Kier molecular flexibility index (Phi) is 6.71. The molecule has 0 saturated heterocycles. The van der Waals surface area contributed by atoms with Gasteiger partial charge < -0.3 is 4.57 Å². The van der Waals surface area contributed by atoms with Gasteiger partial charge in [-0.2, -0.15) is 10.5 Å².